The third kappa shape index (κ3) is 3.06. The zero-order valence-corrected chi connectivity index (χ0v) is 13.8. The molecule has 0 fully saturated rings. The van der Waals surface area contributed by atoms with Crippen LogP contribution in [0.4, 0.5) is 5.00 Å². The van der Waals surface area contributed by atoms with Crippen LogP contribution in [-0.4, -0.2) is 17.9 Å². The molecule has 0 aliphatic heterocycles. The molecule has 1 aromatic carbocycles. The number of anilines is 1. The second-order valence-electron chi connectivity index (χ2n) is 4.79. The van der Waals surface area contributed by atoms with Crippen molar-refractivity contribution in [2.45, 2.75) is 0 Å². The number of rotatable bonds is 4. The summed E-state index contributed by atoms with van der Waals surface area (Å²) in [7, 11) is 1.54. The fourth-order valence-electron chi connectivity index (χ4n) is 2.32. The Morgan fingerprint density at radius 2 is 2.04 bits per heavy atom. The van der Waals surface area contributed by atoms with Gasteiger partial charge < -0.3 is 10.5 Å². The fourth-order valence-corrected chi connectivity index (χ4v) is 3.39. The predicted octanol–water partition coefficient (Wildman–Crippen LogP) is 4.29. The number of carbonyl (C=O) groups is 1. The lowest BCUT2D eigenvalue weighted by molar-refractivity contribution is 0.104. The van der Waals surface area contributed by atoms with Gasteiger partial charge in [0.1, 0.15) is 10.9 Å². The number of pyridine rings is 1. The topological polar surface area (TPSA) is 65.2 Å². The summed E-state index contributed by atoms with van der Waals surface area (Å²) in [5.74, 6) is 0.398. The van der Waals surface area contributed by atoms with Crippen LogP contribution in [0.25, 0.3) is 11.1 Å². The van der Waals surface area contributed by atoms with E-state index in [-0.39, 0.29) is 5.78 Å². The fraction of sp³-hybridized carbons (Fsp3) is 0.0588. The molecule has 0 aliphatic carbocycles. The minimum Gasteiger partial charge on any atom is -0.496 e. The normalized spacial score (nSPS) is 10.5. The van der Waals surface area contributed by atoms with Gasteiger partial charge in [0.05, 0.1) is 22.6 Å². The molecule has 2 N–H and O–H groups in total. The molecule has 4 nitrogen and oxygen atoms in total. The van der Waals surface area contributed by atoms with Gasteiger partial charge in [0.2, 0.25) is 5.78 Å². The Labute approximate surface area is 142 Å². The Hall–Kier alpha value is -2.37. The number of ether oxygens (including phenoxy) is 1. The molecule has 3 rings (SSSR count). The smallest absolute Gasteiger partial charge is 0.207 e. The van der Waals surface area contributed by atoms with E-state index in [1.165, 1.54) is 11.3 Å². The maximum absolute atomic E-state index is 12.9. The van der Waals surface area contributed by atoms with Crippen LogP contribution in [0, 0.1) is 0 Å². The monoisotopic (exact) mass is 344 g/mol. The van der Waals surface area contributed by atoms with Gasteiger partial charge in [-0.25, -0.2) is 4.98 Å². The van der Waals surface area contributed by atoms with Gasteiger partial charge in [0.25, 0.3) is 0 Å². The van der Waals surface area contributed by atoms with E-state index in [1.807, 2.05) is 6.07 Å². The summed E-state index contributed by atoms with van der Waals surface area (Å²) in [4.78, 5) is 17.5. The van der Waals surface area contributed by atoms with Gasteiger partial charge in [-0.1, -0.05) is 23.7 Å². The third-order valence-electron chi connectivity index (χ3n) is 3.35. The highest BCUT2D eigenvalue weighted by molar-refractivity contribution is 7.18. The van der Waals surface area contributed by atoms with Crippen LogP contribution in [0.5, 0.6) is 5.75 Å². The molecule has 116 valence electrons. The molecule has 2 aromatic heterocycles. The van der Waals surface area contributed by atoms with Crippen molar-refractivity contribution in [2.75, 3.05) is 12.8 Å². The minimum absolute atomic E-state index is 0.132. The number of hydrogen-bond acceptors (Lipinski definition) is 5. The van der Waals surface area contributed by atoms with Crippen molar-refractivity contribution >= 4 is 33.7 Å². The third-order valence-corrected chi connectivity index (χ3v) is 4.52. The quantitative estimate of drug-likeness (QED) is 0.566. The molecule has 0 saturated carbocycles. The lowest BCUT2D eigenvalue weighted by atomic mass is 10.0. The maximum Gasteiger partial charge on any atom is 0.207 e. The van der Waals surface area contributed by atoms with Crippen molar-refractivity contribution in [1.29, 1.82) is 0 Å². The van der Waals surface area contributed by atoms with Crippen LogP contribution in [0.2, 0.25) is 5.15 Å². The van der Waals surface area contributed by atoms with E-state index in [4.69, 9.17) is 22.1 Å². The average Bonchev–Trinajstić information content (AvgIpc) is 2.96. The van der Waals surface area contributed by atoms with Crippen LogP contribution in [0.3, 0.4) is 0 Å². The molecule has 0 atom stereocenters. The van der Waals surface area contributed by atoms with Crippen molar-refractivity contribution in [3.05, 3.63) is 64.3 Å². The number of hydrogen-bond donors (Lipinski definition) is 1. The summed E-state index contributed by atoms with van der Waals surface area (Å²) >= 11 is 7.20. The number of carbonyl (C=O) groups excluding carboxylic acids is 1. The summed E-state index contributed by atoms with van der Waals surface area (Å²) in [6.07, 6.45) is 1.60. The number of methoxy groups -OCH3 is 1. The number of thiophene rings is 1. The molecule has 2 heterocycles. The molecular weight excluding hydrogens is 332 g/mol. The van der Waals surface area contributed by atoms with Crippen molar-refractivity contribution < 1.29 is 9.53 Å². The van der Waals surface area contributed by atoms with Gasteiger partial charge in [0.15, 0.2) is 0 Å². The Kier molecular flexibility index (Phi) is 4.32. The zero-order valence-electron chi connectivity index (χ0n) is 12.2. The van der Waals surface area contributed by atoms with Crippen molar-refractivity contribution in [3.63, 3.8) is 0 Å². The standard InChI is InChI=1S/C17H13ClN2O2S/c1-22-13-5-3-2-4-11(13)16(21)17-12(9-15(19)23-17)10-6-7-20-14(18)8-10/h2-9H,19H2,1H3. The maximum atomic E-state index is 12.9. The van der Waals surface area contributed by atoms with Crippen LogP contribution in [0.15, 0.2) is 48.7 Å². The van der Waals surface area contributed by atoms with Crippen molar-refractivity contribution in [3.8, 4) is 16.9 Å². The van der Waals surface area contributed by atoms with Gasteiger partial charge in [-0.3, -0.25) is 4.79 Å². The highest BCUT2D eigenvalue weighted by Gasteiger charge is 2.21. The predicted molar refractivity (Wildman–Crippen MR) is 93.4 cm³/mol. The van der Waals surface area contributed by atoms with E-state index < -0.39 is 0 Å². The molecule has 6 heteroatoms. The summed E-state index contributed by atoms with van der Waals surface area (Å²) in [5.41, 5.74) is 7.97. The van der Waals surface area contributed by atoms with Gasteiger partial charge in [-0.2, -0.15) is 0 Å². The molecule has 3 aromatic rings. The number of aromatic nitrogens is 1. The average molecular weight is 345 g/mol. The number of nitrogens with two attached hydrogens (primary N) is 1. The second kappa shape index (κ2) is 6.40. The van der Waals surface area contributed by atoms with Crippen molar-refractivity contribution in [1.82, 2.24) is 4.98 Å². The summed E-state index contributed by atoms with van der Waals surface area (Å²) in [5, 5.41) is 0.925. The van der Waals surface area contributed by atoms with Gasteiger partial charge >= 0.3 is 0 Å². The first-order valence-electron chi connectivity index (χ1n) is 6.79. The lowest BCUT2D eigenvalue weighted by Crippen LogP contribution is -2.03. The molecule has 0 unspecified atom stereocenters. The zero-order chi connectivity index (χ0) is 16.4. The summed E-state index contributed by atoms with van der Waals surface area (Å²) in [6, 6.07) is 12.4. The number of halogens is 1. The lowest BCUT2D eigenvalue weighted by Gasteiger charge is -2.08. The van der Waals surface area contributed by atoms with E-state index in [0.717, 1.165) is 11.1 Å². The first-order chi connectivity index (χ1) is 11.1. The Bertz CT molecular complexity index is 877. The molecule has 0 spiro atoms. The molecule has 0 radical (unpaired) electrons. The van der Waals surface area contributed by atoms with Crippen LogP contribution in [0.1, 0.15) is 15.2 Å². The minimum atomic E-state index is -0.132. The molecule has 0 aliphatic rings. The van der Waals surface area contributed by atoms with E-state index in [9.17, 15) is 4.79 Å². The first-order valence-corrected chi connectivity index (χ1v) is 7.98. The SMILES string of the molecule is COc1ccccc1C(=O)c1sc(N)cc1-c1ccnc(Cl)c1. The first kappa shape index (κ1) is 15.5. The van der Waals surface area contributed by atoms with E-state index >= 15 is 0 Å². The Morgan fingerprint density at radius 3 is 2.78 bits per heavy atom. The van der Waals surface area contributed by atoms with Crippen LogP contribution >= 0.6 is 22.9 Å². The highest BCUT2D eigenvalue weighted by atomic mass is 35.5. The van der Waals surface area contributed by atoms with E-state index in [0.29, 0.717) is 26.3 Å². The van der Waals surface area contributed by atoms with E-state index in [2.05, 4.69) is 4.98 Å². The number of nitrogens with zero attached hydrogens (tertiary/aromatic N) is 1. The number of para-hydroxylation sites is 1. The molecule has 0 saturated heterocycles. The largest absolute Gasteiger partial charge is 0.496 e. The van der Waals surface area contributed by atoms with Crippen LogP contribution < -0.4 is 10.5 Å². The van der Waals surface area contributed by atoms with Crippen LogP contribution in [-0.2, 0) is 0 Å². The summed E-state index contributed by atoms with van der Waals surface area (Å²) < 4.78 is 5.28. The summed E-state index contributed by atoms with van der Waals surface area (Å²) in [6.45, 7) is 0. The van der Waals surface area contributed by atoms with Gasteiger partial charge in [-0.15, -0.1) is 11.3 Å². The molecule has 23 heavy (non-hydrogen) atoms. The second-order valence-corrected chi connectivity index (χ2v) is 6.26. The number of nitrogen functional groups attached to an aromatic ring is 1. The van der Waals surface area contributed by atoms with Gasteiger partial charge in [-0.05, 0) is 35.9 Å². The molecular formula is C17H13ClN2O2S. The van der Waals surface area contributed by atoms with Crippen molar-refractivity contribution in [2.24, 2.45) is 0 Å². The van der Waals surface area contributed by atoms with Gasteiger partial charge in [0, 0.05) is 11.8 Å². The molecule has 0 bridgehead atoms. The molecule has 0 amide bonds. The Morgan fingerprint density at radius 1 is 1.26 bits per heavy atom. The number of ketones is 1. The Balaban J connectivity index is 2.12. The number of benzene rings is 1. The highest BCUT2D eigenvalue weighted by Crippen LogP contribution is 2.36. The van der Waals surface area contributed by atoms with E-state index in [1.54, 1.807) is 49.7 Å².